The van der Waals surface area contributed by atoms with E-state index < -0.39 is 10.0 Å². The summed E-state index contributed by atoms with van der Waals surface area (Å²) >= 11 is 0. The van der Waals surface area contributed by atoms with Crippen LogP contribution in [0.4, 0.5) is 0 Å². The Labute approximate surface area is 102 Å². The minimum absolute atomic E-state index is 0.335. The fourth-order valence-corrected chi connectivity index (χ4v) is 3.15. The molecule has 0 aliphatic carbocycles. The molecule has 0 bridgehead atoms. The van der Waals surface area contributed by atoms with Crippen LogP contribution in [0.1, 0.15) is 30.1 Å². The van der Waals surface area contributed by atoms with Gasteiger partial charge in [-0.25, -0.2) is 12.7 Å². The second-order valence-electron chi connectivity index (χ2n) is 4.46. The summed E-state index contributed by atoms with van der Waals surface area (Å²) in [6.45, 7) is 3.12. The summed E-state index contributed by atoms with van der Waals surface area (Å²) in [6.07, 6.45) is 6.30. The Hall–Kier alpha value is -1.01. The minimum atomic E-state index is -3.04. The zero-order valence-electron chi connectivity index (χ0n) is 10.1. The summed E-state index contributed by atoms with van der Waals surface area (Å²) in [5, 5.41) is 0. The number of hydrogen-bond acceptors (Lipinski definition) is 4. The standard InChI is InChI=1S/C11H17N3O2S/c1-9-11(13-6-5-12-9)10-3-7-14(8-4-10)17(2,15)16/h5-6,10H,3-4,7-8H2,1-2H3. The lowest BCUT2D eigenvalue weighted by Gasteiger charge is -2.30. The van der Waals surface area contributed by atoms with E-state index in [4.69, 9.17) is 0 Å². The van der Waals surface area contributed by atoms with Crippen molar-refractivity contribution >= 4 is 10.0 Å². The first-order valence-electron chi connectivity index (χ1n) is 5.71. The zero-order chi connectivity index (χ0) is 12.5. The molecule has 1 saturated heterocycles. The van der Waals surface area contributed by atoms with Gasteiger partial charge in [0.2, 0.25) is 10.0 Å². The van der Waals surface area contributed by atoms with Crippen molar-refractivity contribution in [2.24, 2.45) is 0 Å². The molecule has 0 atom stereocenters. The first kappa shape index (κ1) is 12.4. The summed E-state index contributed by atoms with van der Waals surface area (Å²) in [5.41, 5.74) is 1.96. The van der Waals surface area contributed by atoms with E-state index in [0.29, 0.717) is 19.0 Å². The van der Waals surface area contributed by atoms with Gasteiger partial charge >= 0.3 is 0 Å². The molecule has 17 heavy (non-hydrogen) atoms. The second-order valence-corrected chi connectivity index (χ2v) is 6.45. The van der Waals surface area contributed by atoms with E-state index in [0.717, 1.165) is 24.2 Å². The van der Waals surface area contributed by atoms with Crippen LogP contribution < -0.4 is 0 Å². The Balaban J connectivity index is 2.08. The molecule has 1 aromatic heterocycles. The number of hydrogen-bond donors (Lipinski definition) is 0. The number of aromatic nitrogens is 2. The van der Waals surface area contributed by atoms with Gasteiger partial charge in [0.1, 0.15) is 0 Å². The maximum absolute atomic E-state index is 11.4. The third kappa shape index (κ3) is 2.81. The number of rotatable bonds is 2. The number of sulfonamides is 1. The van der Waals surface area contributed by atoms with E-state index in [9.17, 15) is 8.42 Å². The lowest BCUT2D eigenvalue weighted by atomic mass is 9.93. The molecule has 2 heterocycles. The largest absolute Gasteiger partial charge is 0.258 e. The van der Waals surface area contributed by atoms with Crippen LogP contribution in [0.25, 0.3) is 0 Å². The number of nitrogens with zero attached hydrogens (tertiary/aromatic N) is 3. The highest BCUT2D eigenvalue weighted by atomic mass is 32.2. The monoisotopic (exact) mass is 255 g/mol. The Bertz CT molecular complexity index is 493. The molecule has 1 aliphatic rings. The Morgan fingerprint density at radius 1 is 1.24 bits per heavy atom. The predicted molar refractivity (Wildman–Crippen MR) is 65.2 cm³/mol. The van der Waals surface area contributed by atoms with Crippen molar-refractivity contribution < 1.29 is 8.42 Å². The smallest absolute Gasteiger partial charge is 0.211 e. The van der Waals surface area contributed by atoms with Crippen molar-refractivity contribution in [2.75, 3.05) is 19.3 Å². The van der Waals surface area contributed by atoms with Crippen LogP contribution >= 0.6 is 0 Å². The first-order valence-corrected chi connectivity index (χ1v) is 7.56. The summed E-state index contributed by atoms with van der Waals surface area (Å²) in [7, 11) is -3.04. The van der Waals surface area contributed by atoms with Crippen LogP contribution in [0.3, 0.4) is 0 Å². The van der Waals surface area contributed by atoms with Gasteiger partial charge in [-0.15, -0.1) is 0 Å². The molecule has 5 nitrogen and oxygen atoms in total. The van der Waals surface area contributed by atoms with Gasteiger partial charge in [0.15, 0.2) is 0 Å². The quantitative estimate of drug-likeness (QED) is 0.788. The molecule has 0 spiro atoms. The van der Waals surface area contributed by atoms with Crippen LogP contribution in [-0.2, 0) is 10.0 Å². The van der Waals surface area contributed by atoms with E-state index in [-0.39, 0.29) is 0 Å². The van der Waals surface area contributed by atoms with E-state index in [1.54, 1.807) is 12.4 Å². The normalized spacial score (nSPS) is 19.4. The summed E-state index contributed by atoms with van der Waals surface area (Å²) in [4.78, 5) is 8.59. The average Bonchev–Trinajstić information content (AvgIpc) is 2.29. The molecule has 94 valence electrons. The lowest BCUT2D eigenvalue weighted by molar-refractivity contribution is 0.317. The highest BCUT2D eigenvalue weighted by Gasteiger charge is 2.27. The van der Waals surface area contributed by atoms with Gasteiger partial charge < -0.3 is 0 Å². The van der Waals surface area contributed by atoms with Crippen LogP contribution in [0.5, 0.6) is 0 Å². The molecule has 0 amide bonds. The molecule has 0 unspecified atom stereocenters. The molecule has 6 heteroatoms. The molecule has 0 radical (unpaired) electrons. The van der Waals surface area contributed by atoms with Crippen LogP contribution in [-0.4, -0.2) is 42.0 Å². The van der Waals surface area contributed by atoms with Crippen molar-refractivity contribution in [3.05, 3.63) is 23.8 Å². The molecular formula is C11H17N3O2S. The van der Waals surface area contributed by atoms with Crippen molar-refractivity contribution in [2.45, 2.75) is 25.7 Å². The van der Waals surface area contributed by atoms with Gasteiger partial charge in [-0.1, -0.05) is 0 Å². The molecule has 2 rings (SSSR count). The number of piperidine rings is 1. The summed E-state index contributed by atoms with van der Waals surface area (Å²) in [5.74, 6) is 0.335. The van der Waals surface area contributed by atoms with E-state index >= 15 is 0 Å². The van der Waals surface area contributed by atoms with Gasteiger partial charge in [-0.2, -0.15) is 0 Å². The SMILES string of the molecule is Cc1nccnc1C1CCN(S(C)(=O)=O)CC1. The zero-order valence-corrected chi connectivity index (χ0v) is 10.9. The average molecular weight is 255 g/mol. The van der Waals surface area contributed by atoms with Crippen molar-refractivity contribution in [1.29, 1.82) is 0 Å². The highest BCUT2D eigenvalue weighted by molar-refractivity contribution is 7.88. The maximum atomic E-state index is 11.4. The predicted octanol–water partition coefficient (Wildman–Crippen LogP) is 0.924. The lowest BCUT2D eigenvalue weighted by Crippen LogP contribution is -2.37. The molecule has 0 saturated carbocycles. The van der Waals surface area contributed by atoms with Crippen LogP contribution in [0.15, 0.2) is 12.4 Å². The maximum Gasteiger partial charge on any atom is 0.211 e. The highest BCUT2D eigenvalue weighted by Crippen LogP contribution is 2.28. The van der Waals surface area contributed by atoms with E-state index in [1.807, 2.05) is 6.92 Å². The number of aryl methyl sites for hydroxylation is 1. The molecular weight excluding hydrogens is 238 g/mol. The van der Waals surface area contributed by atoms with Crippen LogP contribution in [0, 0.1) is 6.92 Å². The van der Waals surface area contributed by atoms with E-state index in [1.165, 1.54) is 10.6 Å². The third-order valence-corrected chi connectivity index (χ3v) is 4.53. The molecule has 0 aromatic carbocycles. The minimum Gasteiger partial charge on any atom is -0.258 e. The fraction of sp³-hybridized carbons (Fsp3) is 0.636. The van der Waals surface area contributed by atoms with Gasteiger partial charge in [0, 0.05) is 31.4 Å². The van der Waals surface area contributed by atoms with Crippen molar-refractivity contribution in [3.8, 4) is 0 Å². The Morgan fingerprint density at radius 2 is 1.82 bits per heavy atom. The molecule has 1 fully saturated rings. The summed E-state index contributed by atoms with van der Waals surface area (Å²) < 4.78 is 24.3. The van der Waals surface area contributed by atoms with Crippen molar-refractivity contribution in [3.63, 3.8) is 0 Å². The first-order chi connectivity index (χ1) is 7.98. The molecule has 1 aliphatic heterocycles. The molecule has 1 aromatic rings. The van der Waals surface area contributed by atoms with Gasteiger partial charge in [0.05, 0.1) is 17.6 Å². The van der Waals surface area contributed by atoms with E-state index in [2.05, 4.69) is 9.97 Å². The summed E-state index contributed by atoms with van der Waals surface area (Å²) in [6, 6.07) is 0. The molecule has 0 N–H and O–H groups in total. The Morgan fingerprint density at radius 3 is 2.35 bits per heavy atom. The topological polar surface area (TPSA) is 63.2 Å². The van der Waals surface area contributed by atoms with Gasteiger partial charge in [-0.05, 0) is 19.8 Å². The van der Waals surface area contributed by atoms with Crippen LogP contribution in [0.2, 0.25) is 0 Å². The van der Waals surface area contributed by atoms with Gasteiger partial charge in [0.25, 0.3) is 0 Å². The third-order valence-electron chi connectivity index (χ3n) is 3.23. The fourth-order valence-electron chi connectivity index (χ4n) is 2.28. The second kappa shape index (κ2) is 4.70. The van der Waals surface area contributed by atoms with Crippen molar-refractivity contribution in [1.82, 2.24) is 14.3 Å². The van der Waals surface area contributed by atoms with Gasteiger partial charge in [-0.3, -0.25) is 9.97 Å². The Kier molecular flexibility index (Phi) is 3.44.